The molecule has 0 fully saturated rings. The van der Waals surface area contributed by atoms with Crippen molar-refractivity contribution >= 4 is 33.2 Å². The maximum atomic E-state index is 14.3. The first kappa shape index (κ1) is 19.3. The molecule has 0 radical (unpaired) electrons. The van der Waals surface area contributed by atoms with Gasteiger partial charge in [-0.15, -0.1) is 11.3 Å². The Balaban J connectivity index is 1.74. The number of fused-ring (bicyclic) bond motifs is 1. The number of nitrogens with one attached hydrogen (secondary N) is 1. The van der Waals surface area contributed by atoms with Crippen LogP contribution in [-0.4, -0.2) is 9.97 Å². The van der Waals surface area contributed by atoms with Crippen molar-refractivity contribution < 1.29 is 9.13 Å². The van der Waals surface area contributed by atoms with Crippen molar-refractivity contribution in [3.8, 4) is 23.8 Å². The Morgan fingerprint density at radius 2 is 1.73 bits per heavy atom. The summed E-state index contributed by atoms with van der Waals surface area (Å²) in [6.07, 6.45) is 0. The number of hydrogen-bond acceptors (Lipinski definition) is 7. The van der Waals surface area contributed by atoms with Crippen LogP contribution in [0.4, 0.5) is 16.0 Å². The minimum Gasteiger partial charge on any atom is -0.437 e. The summed E-state index contributed by atoms with van der Waals surface area (Å²) in [7, 11) is 0. The summed E-state index contributed by atoms with van der Waals surface area (Å²) in [6.45, 7) is 3.72. The maximum Gasteiger partial charge on any atom is 0.242 e. The average molecular weight is 415 g/mol. The van der Waals surface area contributed by atoms with Crippen molar-refractivity contribution in [3.63, 3.8) is 0 Å². The van der Waals surface area contributed by atoms with Crippen molar-refractivity contribution in [3.05, 3.63) is 69.8 Å². The molecule has 0 aliphatic heterocycles. The molecule has 0 aliphatic carbocycles. The van der Waals surface area contributed by atoms with Crippen molar-refractivity contribution in [2.45, 2.75) is 13.8 Å². The van der Waals surface area contributed by atoms with Gasteiger partial charge < -0.3 is 10.1 Å². The van der Waals surface area contributed by atoms with Crippen molar-refractivity contribution in [1.82, 2.24) is 9.97 Å². The standard InChI is InChI=1S/C22H14FN5OS/c1-12-7-15(11-25)8-13(2)19(12)29-21-20-18(5-6-30-20)27-22(28-21)26-17-4-3-14(10-24)9-16(17)23/h3-9H,1-2H3,(H,26,27,28). The minimum absolute atomic E-state index is 0.153. The molecule has 8 heteroatoms. The zero-order valence-electron chi connectivity index (χ0n) is 16.0. The largest absolute Gasteiger partial charge is 0.437 e. The number of aryl methyl sites for hydroxylation is 2. The Hall–Kier alpha value is -4.01. The third-order valence-corrected chi connectivity index (χ3v) is 5.30. The van der Waals surface area contributed by atoms with E-state index >= 15 is 0 Å². The fourth-order valence-corrected chi connectivity index (χ4v) is 3.80. The monoisotopic (exact) mass is 415 g/mol. The summed E-state index contributed by atoms with van der Waals surface area (Å²) >= 11 is 1.44. The van der Waals surface area contributed by atoms with Gasteiger partial charge in [0.25, 0.3) is 0 Å². The van der Waals surface area contributed by atoms with Gasteiger partial charge in [-0.25, -0.2) is 9.37 Å². The van der Waals surface area contributed by atoms with Crippen LogP contribution in [0.15, 0.2) is 41.8 Å². The zero-order chi connectivity index (χ0) is 21.3. The number of rotatable bonds is 4. The number of halogens is 1. The molecule has 2 aromatic carbocycles. The Morgan fingerprint density at radius 1 is 1.00 bits per heavy atom. The first-order valence-electron chi connectivity index (χ1n) is 8.89. The molecule has 146 valence electrons. The van der Waals surface area contributed by atoms with Crippen molar-refractivity contribution in [2.75, 3.05) is 5.32 Å². The van der Waals surface area contributed by atoms with E-state index in [0.717, 1.165) is 21.9 Å². The summed E-state index contributed by atoms with van der Waals surface area (Å²) in [4.78, 5) is 8.86. The molecule has 0 spiro atoms. The highest BCUT2D eigenvalue weighted by molar-refractivity contribution is 7.17. The highest BCUT2D eigenvalue weighted by Crippen LogP contribution is 2.36. The molecule has 0 atom stereocenters. The number of benzene rings is 2. The lowest BCUT2D eigenvalue weighted by Gasteiger charge is -2.13. The lowest BCUT2D eigenvalue weighted by molar-refractivity contribution is 0.463. The molecule has 4 aromatic rings. The Kier molecular flexibility index (Phi) is 5.01. The highest BCUT2D eigenvalue weighted by atomic mass is 32.1. The van der Waals surface area contributed by atoms with Crippen molar-refractivity contribution in [1.29, 1.82) is 10.5 Å². The predicted octanol–water partition coefficient (Wildman–Crippen LogP) is 5.73. The molecule has 0 aliphatic rings. The number of hydrogen-bond donors (Lipinski definition) is 1. The van der Waals surface area contributed by atoms with Gasteiger partial charge in [0.2, 0.25) is 11.8 Å². The number of anilines is 2. The van der Waals surface area contributed by atoms with Gasteiger partial charge in [0, 0.05) is 0 Å². The van der Waals surface area contributed by atoms with Crippen LogP contribution in [0.2, 0.25) is 0 Å². The van der Waals surface area contributed by atoms with Gasteiger partial charge in [0.1, 0.15) is 16.3 Å². The van der Waals surface area contributed by atoms with E-state index in [9.17, 15) is 4.39 Å². The molecular weight excluding hydrogens is 401 g/mol. The Labute approximate surface area is 175 Å². The van der Waals surface area contributed by atoms with Crippen LogP contribution < -0.4 is 10.1 Å². The van der Waals surface area contributed by atoms with E-state index in [2.05, 4.69) is 21.4 Å². The second-order valence-corrected chi connectivity index (χ2v) is 7.49. The van der Waals surface area contributed by atoms with Gasteiger partial charge in [0.15, 0.2) is 0 Å². The number of thiophene rings is 1. The zero-order valence-corrected chi connectivity index (χ0v) is 16.8. The van der Waals surface area contributed by atoms with Crippen LogP contribution in [0.3, 0.4) is 0 Å². The van der Waals surface area contributed by atoms with Crippen LogP contribution in [0.1, 0.15) is 22.3 Å². The average Bonchev–Trinajstić information content (AvgIpc) is 3.20. The molecule has 0 saturated heterocycles. The van der Waals surface area contributed by atoms with Gasteiger partial charge in [0.05, 0.1) is 34.5 Å². The molecule has 2 heterocycles. The fourth-order valence-electron chi connectivity index (χ4n) is 3.04. The van der Waals surface area contributed by atoms with Gasteiger partial charge >= 0.3 is 0 Å². The second kappa shape index (κ2) is 7.78. The molecule has 6 nitrogen and oxygen atoms in total. The number of ether oxygens (including phenoxy) is 1. The molecular formula is C22H14FN5OS. The lowest BCUT2D eigenvalue weighted by atomic mass is 10.1. The summed E-state index contributed by atoms with van der Waals surface area (Å²) in [5.74, 6) is 0.535. The van der Waals surface area contributed by atoms with Crippen molar-refractivity contribution in [2.24, 2.45) is 0 Å². The van der Waals surface area contributed by atoms with Gasteiger partial charge in [-0.3, -0.25) is 0 Å². The molecule has 0 amide bonds. The van der Waals surface area contributed by atoms with E-state index in [0.29, 0.717) is 22.7 Å². The van der Waals surface area contributed by atoms with Crippen LogP contribution in [0, 0.1) is 42.3 Å². The summed E-state index contributed by atoms with van der Waals surface area (Å²) in [5.41, 5.74) is 3.21. The van der Waals surface area contributed by atoms with Crippen LogP contribution in [-0.2, 0) is 0 Å². The fraction of sp³-hybridized carbons (Fsp3) is 0.0909. The molecule has 1 N–H and O–H groups in total. The van der Waals surface area contributed by atoms with E-state index in [1.54, 1.807) is 12.1 Å². The predicted molar refractivity (Wildman–Crippen MR) is 113 cm³/mol. The smallest absolute Gasteiger partial charge is 0.242 e. The number of aromatic nitrogens is 2. The Morgan fingerprint density at radius 3 is 2.40 bits per heavy atom. The SMILES string of the molecule is Cc1cc(C#N)cc(C)c1Oc1nc(Nc2ccc(C#N)cc2F)nc2ccsc12. The third-order valence-electron chi connectivity index (χ3n) is 4.41. The molecule has 0 saturated carbocycles. The topological polar surface area (TPSA) is 94.6 Å². The molecule has 0 unspecified atom stereocenters. The Bertz CT molecular complexity index is 1340. The van der Waals surface area contributed by atoms with E-state index in [4.69, 9.17) is 15.3 Å². The normalized spacial score (nSPS) is 10.4. The summed E-state index contributed by atoms with van der Waals surface area (Å²) in [5, 5.41) is 22.8. The summed E-state index contributed by atoms with van der Waals surface area (Å²) < 4.78 is 21.2. The van der Waals surface area contributed by atoms with E-state index < -0.39 is 5.82 Å². The van der Waals surface area contributed by atoms with Crippen LogP contribution in [0.25, 0.3) is 10.2 Å². The molecule has 2 aromatic heterocycles. The second-order valence-electron chi connectivity index (χ2n) is 6.57. The van der Waals surface area contributed by atoms with E-state index in [1.165, 1.54) is 23.5 Å². The maximum absolute atomic E-state index is 14.3. The summed E-state index contributed by atoms with van der Waals surface area (Å²) in [6, 6.07) is 13.5. The highest BCUT2D eigenvalue weighted by Gasteiger charge is 2.16. The number of nitrogens with zero attached hydrogens (tertiary/aromatic N) is 4. The van der Waals surface area contributed by atoms with Crippen LogP contribution in [0.5, 0.6) is 11.6 Å². The van der Waals surface area contributed by atoms with Crippen LogP contribution >= 0.6 is 11.3 Å². The molecule has 4 rings (SSSR count). The quantitative estimate of drug-likeness (QED) is 0.458. The molecule has 0 bridgehead atoms. The molecule has 30 heavy (non-hydrogen) atoms. The lowest BCUT2D eigenvalue weighted by Crippen LogP contribution is -2.02. The van der Waals surface area contributed by atoms with Gasteiger partial charge in [-0.05, 0) is 66.8 Å². The first-order chi connectivity index (χ1) is 14.5. The van der Waals surface area contributed by atoms with E-state index in [1.807, 2.05) is 31.4 Å². The van der Waals surface area contributed by atoms with Gasteiger partial charge in [-0.2, -0.15) is 15.5 Å². The number of nitriles is 2. The van der Waals surface area contributed by atoms with E-state index in [-0.39, 0.29) is 17.2 Å². The van der Waals surface area contributed by atoms with Gasteiger partial charge in [-0.1, -0.05) is 0 Å². The third kappa shape index (κ3) is 3.64. The first-order valence-corrected chi connectivity index (χ1v) is 9.77. The minimum atomic E-state index is -0.579.